The molecule has 0 atom stereocenters. The van der Waals surface area contributed by atoms with Gasteiger partial charge in [0.05, 0.1) is 11.6 Å². The summed E-state index contributed by atoms with van der Waals surface area (Å²) in [4.78, 5) is 6.56. The minimum absolute atomic E-state index is 0.680. The van der Waals surface area contributed by atoms with Crippen LogP contribution in [0.1, 0.15) is 11.1 Å². The zero-order valence-corrected chi connectivity index (χ0v) is 13.3. The maximum absolute atomic E-state index is 8.87. The number of hydrogen-bond acceptors (Lipinski definition) is 3. The van der Waals surface area contributed by atoms with Crippen LogP contribution in [0.15, 0.2) is 60.9 Å². The average Bonchev–Trinajstić information content (AvgIpc) is 3.04. The van der Waals surface area contributed by atoms with Gasteiger partial charge >= 0.3 is 0 Å². The number of hydrogen-bond donors (Lipinski definition) is 0. The number of benzene rings is 2. The van der Waals surface area contributed by atoms with E-state index >= 15 is 0 Å². The minimum Gasteiger partial charge on any atom is -0.378 e. The van der Waals surface area contributed by atoms with Crippen LogP contribution < -0.4 is 4.90 Å². The van der Waals surface area contributed by atoms with Crippen molar-refractivity contribution in [1.82, 2.24) is 9.55 Å². The topological polar surface area (TPSA) is 44.9 Å². The van der Waals surface area contributed by atoms with Crippen LogP contribution in [-0.2, 0) is 6.54 Å². The van der Waals surface area contributed by atoms with Gasteiger partial charge in [0.15, 0.2) is 0 Å². The van der Waals surface area contributed by atoms with Crippen LogP contribution >= 0.6 is 0 Å². The molecule has 0 aliphatic rings. The van der Waals surface area contributed by atoms with Crippen molar-refractivity contribution in [3.63, 3.8) is 0 Å². The third-order valence-corrected chi connectivity index (χ3v) is 3.79. The van der Waals surface area contributed by atoms with E-state index < -0.39 is 0 Å². The molecule has 0 aliphatic heterocycles. The quantitative estimate of drug-likeness (QED) is 0.740. The molecule has 1 heterocycles. The van der Waals surface area contributed by atoms with E-state index in [1.165, 1.54) is 5.69 Å². The summed E-state index contributed by atoms with van der Waals surface area (Å²) >= 11 is 0. The van der Waals surface area contributed by atoms with Crippen molar-refractivity contribution in [1.29, 1.82) is 5.26 Å². The molecule has 0 unspecified atom stereocenters. The van der Waals surface area contributed by atoms with Crippen molar-refractivity contribution in [3.8, 4) is 17.5 Å². The molecule has 3 rings (SSSR count). The fraction of sp³-hybridized carbons (Fsp3) is 0.158. The van der Waals surface area contributed by atoms with Gasteiger partial charge in [0.2, 0.25) is 0 Å². The maximum Gasteiger partial charge on any atom is 0.140 e. The first-order valence-corrected chi connectivity index (χ1v) is 7.45. The molecular formula is C19H18N4. The summed E-state index contributed by atoms with van der Waals surface area (Å²) in [6.07, 6.45) is 3.80. The van der Waals surface area contributed by atoms with E-state index in [-0.39, 0.29) is 0 Å². The molecule has 0 N–H and O–H groups in total. The molecule has 114 valence electrons. The second-order valence-corrected chi connectivity index (χ2v) is 5.63. The van der Waals surface area contributed by atoms with Gasteiger partial charge in [-0.25, -0.2) is 4.98 Å². The molecule has 0 saturated carbocycles. The third kappa shape index (κ3) is 3.24. The van der Waals surface area contributed by atoms with Gasteiger partial charge in [0.1, 0.15) is 5.82 Å². The van der Waals surface area contributed by atoms with Gasteiger partial charge in [-0.1, -0.05) is 12.1 Å². The SMILES string of the molecule is CN(C)c1ccc(-c2nccn2Cc2ccc(C#N)cc2)cc1. The molecule has 0 saturated heterocycles. The van der Waals surface area contributed by atoms with Crippen LogP contribution in [0.2, 0.25) is 0 Å². The molecule has 3 aromatic rings. The predicted molar refractivity (Wildman–Crippen MR) is 92.2 cm³/mol. The van der Waals surface area contributed by atoms with E-state index in [0.29, 0.717) is 5.56 Å². The third-order valence-electron chi connectivity index (χ3n) is 3.79. The maximum atomic E-state index is 8.87. The summed E-state index contributed by atoms with van der Waals surface area (Å²) in [5, 5.41) is 8.87. The molecule has 23 heavy (non-hydrogen) atoms. The smallest absolute Gasteiger partial charge is 0.140 e. The molecule has 0 spiro atoms. The summed E-state index contributed by atoms with van der Waals surface area (Å²) in [6.45, 7) is 0.733. The van der Waals surface area contributed by atoms with Crippen LogP contribution in [-0.4, -0.2) is 23.6 Å². The largest absolute Gasteiger partial charge is 0.378 e. The van der Waals surface area contributed by atoms with Gasteiger partial charge in [-0.3, -0.25) is 0 Å². The van der Waals surface area contributed by atoms with Crippen LogP contribution in [0.25, 0.3) is 11.4 Å². The van der Waals surface area contributed by atoms with E-state index in [1.807, 2.05) is 50.8 Å². The first kappa shape index (κ1) is 14.9. The van der Waals surface area contributed by atoms with Gasteiger partial charge in [0.25, 0.3) is 0 Å². The molecular weight excluding hydrogens is 284 g/mol. The summed E-state index contributed by atoms with van der Waals surface area (Å²) < 4.78 is 2.12. The Morgan fingerprint density at radius 1 is 1.04 bits per heavy atom. The van der Waals surface area contributed by atoms with E-state index in [4.69, 9.17) is 5.26 Å². The highest BCUT2D eigenvalue weighted by molar-refractivity contribution is 5.60. The number of imidazole rings is 1. The molecule has 0 fully saturated rings. The Morgan fingerprint density at radius 2 is 1.74 bits per heavy atom. The molecule has 4 heteroatoms. The number of rotatable bonds is 4. The van der Waals surface area contributed by atoms with Crippen molar-refractivity contribution in [2.24, 2.45) is 0 Å². The highest BCUT2D eigenvalue weighted by atomic mass is 15.1. The van der Waals surface area contributed by atoms with E-state index in [2.05, 4.69) is 44.8 Å². The molecule has 0 amide bonds. The van der Waals surface area contributed by atoms with Gasteiger partial charge in [0, 0.05) is 44.3 Å². The number of aromatic nitrogens is 2. The Morgan fingerprint density at radius 3 is 2.35 bits per heavy atom. The normalized spacial score (nSPS) is 10.3. The molecule has 0 radical (unpaired) electrons. The molecule has 4 nitrogen and oxygen atoms in total. The molecule has 0 aliphatic carbocycles. The highest BCUT2D eigenvalue weighted by Crippen LogP contribution is 2.22. The second-order valence-electron chi connectivity index (χ2n) is 5.63. The summed E-state index contributed by atoms with van der Waals surface area (Å²) in [5.41, 5.74) is 4.08. The number of nitriles is 1. The van der Waals surface area contributed by atoms with Crippen LogP contribution in [0, 0.1) is 11.3 Å². The first-order chi connectivity index (χ1) is 11.2. The predicted octanol–water partition coefficient (Wildman–Crippen LogP) is 3.54. The van der Waals surface area contributed by atoms with Crippen molar-refractivity contribution in [2.45, 2.75) is 6.54 Å². The van der Waals surface area contributed by atoms with Crippen molar-refractivity contribution in [2.75, 3.05) is 19.0 Å². The Kier molecular flexibility index (Phi) is 4.11. The van der Waals surface area contributed by atoms with Crippen molar-refractivity contribution < 1.29 is 0 Å². The molecule has 0 bridgehead atoms. The lowest BCUT2D eigenvalue weighted by Crippen LogP contribution is -2.08. The van der Waals surface area contributed by atoms with Crippen LogP contribution in [0.3, 0.4) is 0 Å². The van der Waals surface area contributed by atoms with Gasteiger partial charge < -0.3 is 9.47 Å². The zero-order valence-electron chi connectivity index (χ0n) is 13.3. The zero-order chi connectivity index (χ0) is 16.2. The Labute approximate surface area is 136 Å². The number of anilines is 1. The van der Waals surface area contributed by atoms with Gasteiger partial charge in [-0.2, -0.15) is 5.26 Å². The lowest BCUT2D eigenvalue weighted by atomic mass is 10.1. The first-order valence-electron chi connectivity index (χ1n) is 7.45. The molecule has 1 aromatic heterocycles. The van der Waals surface area contributed by atoms with E-state index in [9.17, 15) is 0 Å². The summed E-state index contributed by atoms with van der Waals surface area (Å²) in [5.74, 6) is 0.944. The van der Waals surface area contributed by atoms with Gasteiger partial charge in [-0.05, 0) is 42.0 Å². The van der Waals surface area contributed by atoms with Crippen molar-refractivity contribution in [3.05, 3.63) is 72.1 Å². The summed E-state index contributed by atoms with van der Waals surface area (Å²) in [7, 11) is 4.06. The lowest BCUT2D eigenvalue weighted by Gasteiger charge is -2.13. The highest BCUT2D eigenvalue weighted by Gasteiger charge is 2.07. The fourth-order valence-corrected chi connectivity index (χ4v) is 2.49. The lowest BCUT2D eigenvalue weighted by molar-refractivity contribution is 0.807. The standard InChI is InChI=1S/C19H18N4/c1-22(2)18-9-7-17(8-10-18)19-21-11-12-23(19)14-16-5-3-15(13-20)4-6-16/h3-12H,14H2,1-2H3. The van der Waals surface area contributed by atoms with Crippen molar-refractivity contribution >= 4 is 5.69 Å². The second kappa shape index (κ2) is 6.37. The summed E-state index contributed by atoms with van der Waals surface area (Å²) in [6, 6.07) is 18.2. The van der Waals surface area contributed by atoms with E-state index in [1.54, 1.807) is 0 Å². The minimum atomic E-state index is 0.680. The number of nitrogens with zero attached hydrogens (tertiary/aromatic N) is 4. The molecule has 2 aromatic carbocycles. The fourth-order valence-electron chi connectivity index (χ4n) is 2.49. The van der Waals surface area contributed by atoms with E-state index in [0.717, 1.165) is 23.5 Å². The Hall–Kier alpha value is -3.06. The average molecular weight is 302 g/mol. The Balaban J connectivity index is 1.85. The van der Waals surface area contributed by atoms with Crippen LogP contribution in [0.5, 0.6) is 0 Å². The Bertz CT molecular complexity index is 821. The van der Waals surface area contributed by atoms with Gasteiger partial charge in [-0.15, -0.1) is 0 Å². The monoisotopic (exact) mass is 302 g/mol. The van der Waals surface area contributed by atoms with Crippen LogP contribution in [0.4, 0.5) is 5.69 Å².